The van der Waals surface area contributed by atoms with Crippen LogP contribution in [0.15, 0.2) is 30.3 Å². The lowest BCUT2D eigenvalue weighted by molar-refractivity contribution is 0.192. The predicted molar refractivity (Wildman–Crippen MR) is 107 cm³/mol. The van der Waals surface area contributed by atoms with Crippen LogP contribution in [0.4, 0.5) is 0 Å². The molecule has 0 aliphatic rings. The number of ether oxygens (including phenoxy) is 1. The molecule has 0 N–H and O–H groups in total. The van der Waals surface area contributed by atoms with Crippen molar-refractivity contribution in [1.29, 1.82) is 0 Å². The van der Waals surface area contributed by atoms with Gasteiger partial charge in [-0.3, -0.25) is 0 Å². The van der Waals surface area contributed by atoms with E-state index in [-0.39, 0.29) is 0 Å². The van der Waals surface area contributed by atoms with Crippen LogP contribution in [0.3, 0.4) is 0 Å². The normalized spacial score (nSPS) is 11.0. The molecule has 0 radical (unpaired) electrons. The summed E-state index contributed by atoms with van der Waals surface area (Å²) >= 11 is 0. The van der Waals surface area contributed by atoms with Crippen LogP contribution < -0.4 is 0 Å². The highest BCUT2D eigenvalue weighted by atomic mass is 16.5. The zero-order valence-electron chi connectivity index (χ0n) is 16.1. The maximum absolute atomic E-state index is 5.08. The molecule has 1 nitrogen and oxygen atoms in total. The van der Waals surface area contributed by atoms with E-state index < -0.39 is 0 Å². The highest BCUT2D eigenvalue weighted by Crippen LogP contribution is 2.14. The lowest BCUT2D eigenvalue weighted by Gasteiger charge is -2.04. The highest BCUT2D eigenvalue weighted by molar-refractivity contribution is 5.14. The molecule has 24 heavy (non-hydrogen) atoms. The van der Waals surface area contributed by atoms with Gasteiger partial charge in [0, 0.05) is 13.7 Å². The van der Waals surface area contributed by atoms with E-state index in [4.69, 9.17) is 4.74 Å². The second-order valence-corrected chi connectivity index (χ2v) is 7.18. The number of rotatable bonds is 17. The van der Waals surface area contributed by atoms with Crippen LogP contribution in [-0.4, -0.2) is 13.7 Å². The van der Waals surface area contributed by atoms with E-state index in [1.165, 1.54) is 102 Å². The zero-order chi connectivity index (χ0) is 17.1. The van der Waals surface area contributed by atoms with E-state index in [1.54, 1.807) is 7.11 Å². The molecule has 0 unspecified atom stereocenters. The number of hydrogen-bond donors (Lipinski definition) is 0. The third kappa shape index (κ3) is 13.6. The highest BCUT2D eigenvalue weighted by Gasteiger charge is 1.95. The van der Waals surface area contributed by atoms with Crippen LogP contribution in [-0.2, 0) is 11.2 Å². The third-order valence-electron chi connectivity index (χ3n) is 4.91. The quantitative estimate of drug-likeness (QED) is 0.271. The van der Waals surface area contributed by atoms with Gasteiger partial charge in [0.25, 0.3) is 0 Å². The first-order valence-electron chi connectivity index (χ1n) is 10.5. The second kappa shape index (κ2) is 17.0. The van der Waals surface area contributed by atoms with Gasteiger partial charge in [-0.2, -0.15) is 0 Å². The molecule has 0 saturated carbocycles. The Kier molecular flexibility index (Phi) is 15.0. The molecule has 0 amide bonds. The summed E-state index contributed by atoms with van der Waals surface area (Å²) in [6, 6.07) is 10.9. The van der Waals surface area contributed by atoms with E-state index in [0.717, 1.165) is 6.61 Å². The Hall–Kier alpha value is -0.820. The third-order valence-corrected chi connectivity index (χ3v) is 4.91. The first-order chi connectivity index (χ1) is 11.9. The van der Waals surface area contributed by atoms with Crippen LogP contribution in [0.25, 0.3) is 0 Å². The summed E-state index contributed by atoms with van der Waals surface area (Å²) in [4.78, 5) is 0. The molecule has 1 aromatic carbocycles. The second-order valence-electron chi connectivity index (χ2n) is 7.18. The van der Waals surface area contributed by atoms with Crippen molar-refractivity contribution in [2.24, 2.45) is 0 Å². The molecule has 0 heterocycles. The topological polar surface area (TPSA) is 9.23 Å². The fourth-order valence-corrected chi connectivity index (χ4v) is 3.34. The van der Waals surface area contributed by atoms with E-state index in [2.05, 4.69) is 30.3 Å². The Morgan fingerprint density at radius 2 is 0.958 bits per heavy atom. The molecule has 0 saturated heterocycles. The van der Waals surface area contributed by atoms with E-state index >= 15 is 0 Å². The number of aryl methyl sites for hydroxylation is 1. The summed E-state index contributed by atoms with van der Waals surface area (Å²) in [7, 11) is 1.80. The van der Waals surface area contributed by atoms with Gasteiger partial charge in [0.15, 0.2) is 0 Å². The Morgan fingerprint density at radius 3 is 1.42 bits per heavy atom. The maximum Gasteiger partial charge on any atom is 0.0462 e. The number of unbranched alkanes of at least 4 members (excludes halogenated alkanes) is 13. The minimum atomic E-state index is 0.937. The van der Waals surface area contributed by atoms with Gasteiger partial charge < -0.3 is 4.74 Å². The molecular weight excluding hydrogens is 292 g/mol. The molecule has 138 valence electrons. The summed E-state index contributed by atoms with van der Waals surface area (Å²) in [5.74, 6) is 0. The summed E-state index contributed by atoms with van der Waals surface area (Å²) in [5.41, 5.74) is 1.50. The van der Waals surface area contributed by atoms with E-state index in [1.807, 2.05) is 0 Å². The molecule has 1 aromatic rings. The zero-order valence-corrected chi connectivity index (χ0v) is 16.1. The minimum absolute atomic E-state index is 0.937. The van der Waals surface area contributed by atoms with Gasteiger partial charge in [0.05, 0.1) is 0 Å². The Balaban J connectivity index is 1.70. The fraction of sp³-hybridized carbons (Fsp3) is 0.739. The summed E-state index contributed by atoms with van der Waals surface area (Å²) in [6.07, 6.45) is 21.0. The largest absolute Gasteiger partial charge is 0.385 e. The number of hydrogen-bond acceptors (Lipinski definition) is 1. The van der Waals surface area contributed by atoms with Gasteiger partial charge in [-0.25, -0.2) is 0 Å². The van der Waals surface area contributed by atoms with Crippen LogP contribution in [0.2, 0.25) is 0 Å². The lowest BCUT2D eigenvalue weighted by atomic mass is 10.0. The monoisotopic (exact) mass is 332 g/mol. The lowest BCUT2D eigenvalue weighted by Crippen LogP contribution is -1.88. The average Bonchev–Trinajstić information content (AvgIpc) is 2.62. The van der Waals surface area contributed by atoms with Crippen molar-refractivity contribution >= 4 is 0 Å². The number of methoxy groups -OCH3 is 1. The Bertz CT molecular complexity index is 346. The van der Waals surface area contributed by atoms with E-state index in [0.29, 0.717) is 0 Å². The van der Waals surface area contributed by atoms with Crippen molar-refractivity contribution in [3.05, 3.63) is 35.9 Å². The Labute approximate surface area is 151 Å². The average molecular weight is 333 g/mol. The Morgan fingerprint density at radius 1 is 0.542 bits per heavy atom. The van der Waals surface area contributed by atoms with Gasteiger partial charge in [0.2, 0.25) is 0 Å². The molecule has 0 aromatic heterocycles. The first kappa shape index (κ1) is 21.2. The molecule has 0 spiro atoms. The molecule has 0 bridgehead atoms. The number of benzene rings is 1. The summed E-state index contributed by atoms with van der Waals surface area (Å²) in [6.45, 7) is 0.937. The molecule has 1 rings (SSSR count). The predicted octanol–water partition coefficient (Wildman–Crippen LogP) is 7.34. The minimum Gasteiger partial charge on any atom is -0.385 e. The summed E-state index contributed by atoms with van der Waals surface area (Å²) in [5, 5.41) is 0. The van der Waals surface area contributed by atoms with Crippen molar-refractivity contribution in [2.45, 2.75) is 96.3 Å². The van der Waals surface area contributed by atoms with Gasteiger partial charge >= 0.3 is 0 Å². The van der Waals surface area contributed by atoms with Crippen LogP contribution in [0, 0.1) is 0 Å². The molecular formula is C23H40O. The van der Waals surface area contributed by atoms with Crippen molar-refractivity contribution in [3.63, 3.8) is 0 Å². The van der Waals surface area contributed by atoms with Crippen molar-refractivity contribution in [1.82, 2.24) is 0 Å². The standard InChI is InChI=1S/C23H40O/c1-24-22-18-13-11-9-7-5-3-2-4-6-8-10-12-15-19-23-20-16-14-17-21-23/h14,16-17,20-21H,2-13,15,18-19,22H2,1H3. The van der Waals surface area contributed by atoms with E-state index in [9.17, 15) is 0 Å². The van der Waals surface area contributed by atoms with Gasteiger partial charge in [0.1, 0.15) is 0 Å². The first-order valence-corrected chi connectivity index (χ1v) is 10.5. The molecule has 0 atom stereocenters. The SMILES string of the molecule is COCCCCCCCCCCCCCCCCc1ccccc1. The summed E-state index contributed by atoms with van der Waals surface area (Å²) < 4.78 is 5.08. The van der Waals surface area contributed by atoms with Crippen molar-refractivity contribution < 1.29 is 4.74 Å². The van der Waals surface area contributed by atoms with Gasteiger partial charge in [-0.05, 0) is 24.8 Å². The molecule has 0 aliphatic carbocycles. The molecule has 0 aliphatic heterocycles. The maximum atomic E-state index is 5.08. The van der Waals surface area contributed by atoms with Gasteiger partial charge in [-0.1, -0.05) is 107 Å². The fourth-order valence-electron chi connectivity index (χ4n) is 3.34. The van der Waals surface area contributed by atoms with Crippen LogP contribution in [0.1, 0.15) is 95.5 Å². The van der Waals surface area contributed by atoms with Crippen LogP contribution >= 0.6 is 0 Å². The van der Waals surface area contributed by atoms with Crippen molar-refractivity contribution in [2.75, 3.05) is 13.7 Å². The molecule has 0 fully saturated rings. The molecule has 1 heteroatoms. The van der Waals surface area contributed by atoms with Crippen molar-refractivity contribution in [3.8, 4) is 0 Å². The van der Waals surface area contributed by atoms with Gasteiger partial charge in [-0.15, -0.1) is 0 Å². The van der Waals surface area contributed by atoms with Crippen LogP contribution in [0.5, 0.6) is 0 Å². The smallest absolute Gasteiger partial charge is 0.0462 e.